The van der Waals surface area contributed by atoms with Crippen LogP contribution < -0.4 is 10.6 Å². The van der Waals surface area contributed by atoms with E-state index in [1.165, 1.54) is 9.87 Å². The van der Waals surface area contributed by atoms with Crippen LogP contribution in [0.5, 0.6) is 0 Å². The van der Waals surface area contributed by atoms with Crippen LogP contribution in [0.15, 0.2) is 47.4 Å². The highest BCUT2D eigenvalue weighted by Crippen LogP contribution is 2.24. The minimum absolute atomic E-state index is 0.297. The molecule has 0 saturated carbocycles. The summed E-state index contributed by atoms with van der Waals surface area (Å²) in [5.41, 5.74) is 3.48. The number of rotatable bonds is 7. The van der Waals surface area contributed by atoms with Crippen molar-refractivity contribution < 1.29 is 8.42 Å². The number of hydrogen-bond acceptors (Lipinski definition) is 3. The van der Waals surface area contributed by atoms with Gasteiger partial charge in [-0.1, -0.05) is 39.0 Å². The van der Waals surface area contributed by atoms with Crippen LogP contribution in [-0.2, 0) is 16.4 Å². The Balaban J connectivity index is 2.18. The molecule has 0 spiro atoms. The summed E-state index contributed by atoms with van der Waals surface area (Å²) in [5.74, 6) is 0. The van der Waals surface area contributed by atoms with Gasteiger partial charge in [0.15, 0.2) is 5.11 Å². The van der Waals surface area contributed by atoms with Crippen LogP contribution in [0.25, 0.3) is 0 Å². The van der Waals surface area contributed by atoms with Gasteiger partial charge in [0.1, 0.15) is 0 Å². The Labute approximate surface area is 167 Å². The number of hydrogen-bond donors (Lipinski definition) is 2. The molecule has 0 amide bonds. The normalized spacial score (nSPS) is 11.4. The standard InChI is InChI=1S/C20H27N3O2S2/c1-5-16-9-12-17(13-10-16)21-20(26)22-18-11-8-15(4)19(14-18)27(24,25)23(6-2)7-3/h8-14H,5-7H2,1-4H3,(H2,21,22,26). The third-order valence-corrected chi connectivity index (χ3v) is 6.79. The van der Waals surface area contributed by atoms with E-state index in [9.17, 15) is 8.42 Å². The number of nitrogens with one attached hydrogen (secondary N) is 2. The summed E-state index contributed by atoms with van der Waals surface area (Å²) < 4.78 is 27.2. The van der Waals surface area contributed by atoms with Crippen LogP contribution in [0.3, 0.4) is 0 Å². The Morgan fingerprint density at radius 2 is 1.52 bits per heavy atom. The van der Waals surface area contributed by atoms with Crippen molar-refractivity contribution in [2.75, 3.05) is 23.7 Å². The van der Waals surface area contributed by atoms with E-state index in [4.69, 9.17) is 12.2 Å². The lowest BCUT2D eigenvalue weighted by Crippen LogP contribution is -2.31. The second kappa shape index (κ2) is 9.30. The number of thiocarbonyl (C=S) groups is 1. The first-order valence-corrected chi connectivity index (χ1v) is 10.9. The summed E-state index contributed by atoms with van der Waals surface area (Å²) in [6.07, 6.45) is 0.982. The van der Waals surface area contributed by atoms with E-state index >= 15 is 0 Å². The maximum absolute atomic E-state index is 12.9. The Morgan fingerprint density at radius 1 is 0.963 bits per heavy atom. The fourth-order valence-corrected chi connectivity index (χ4v) is 4.72. The fraction of sp³-hybridized carbons (Fsp3) is 0.350. The molecule has 0 fully saturated rings. The molecular weight excluding hydrogens is 378 g/mol. The van der Waals surface area contributed by atoms with E-state index in [1.807, 2.05) is 44.2 Å². The highest BCUT2D eigenvalue weighted by Gasteiger charge is 2.23. The topological polar surface area (TPSA) is 61.4 Å². The summed E-state index contributed by atoms with van der Waals surface area (Å²) in [6.45, 7) is 8.44. The Kier molecular flexibility index (Phi) is 7.35. The summed E-state index contributed by atoms with van der Waals surface area (Å²) in [5, 5.41) is 6.60. The van der Waals surface area contributed by atoms with Gasteiger partial charge in [0.2, 0.25) is 10.0 Å². The SMILES string of the molecule is CCc1ccc(NC(=S)Nc2ccc(C)c(S(=O)(=O)N(CC)CC)c2)cc1. The first-order valence-electron chi connectivity index (χ1n) is 9.09. The lowest BCUT2D eigenvalue weighted by atomic mass is 10.1. The lowest BCUT2D eigenvalue weighted by Gasteiger charge is -2.20. The van der Waals surface area contributed by atoms with E-state index in [-0.39, 0.29) is 0 Å². The van der Waals surface area contributed by atoms with Gasteiger partial charge in [-0.15, -0.1) is 0 Å². The van der Waals surface area contributed by atoms with Crippen molar-refractivity contribution in [2.24, 2.45) is 0 Å². The van der Waals surface area contributed by atoms with Crippen molar-refractivity contribution in [3.63, 3.8) is 0 Å². The molecule has 0 aliphatic heterocycles. The summed E-state index contributed by atoms with van der Waals surface area (Å²) >= 11 is 5.36. The molecule has 0 atom stereocenters. The van der Waals surface area contributed by atoms with Crippen molar-refractivity contribution in [3.05, 3.63) is 53.6 Å². The molecule has 0 saturated heterocycles. The molecule has 0 unspecified atom stereocenters. The fourth-order valence-electron chi connectivity index (χ4n) is 2.78. The third kappa shape index (κ3) is 5.28. The first kappa shape index (κ1) is 21.3. The molecule has 27 heavy (non-hydrogen) atoms. The zero-order valence-corrected chi connectivity index (χ0v) is 17.9. The number of aryl methyl sites for hydroxylation is 2. The van der Waals surface area contributed by atoms with Gasteiger partial charge < -0.3 is 10.6 Å². The molecule has 146 valence electrons. The molecule has 0 bridgehead atoms. The molecule has 5 nitrogen and oxygen atoms in total. The molecule has 0 aliphatic rings. The van der Waals surface area contributed by atoms with Gasteiger partial charge >= 0.3 is 0 Å². The van der Waals surface area contributed by atoms with E-state index in [0.717, 1.165) is 12.1 Å². The van der Waals surface area contributed by atoms with Crippen molar-refractivity contribution in [2.45, 2.75) is 39.0 Å². The average molecular weight is 406 g/mol. The summed E-state index contributed by atoms with van der Waals surface area (Å²) in [6, 6.07) is 13.3. The summed E-state index contributed by atoms with van der Waals surface area (Å²) in [7, 11) is -3.53. The van der Waals surface area contributed by atoms with Gasteiger partial charge in [-0.3, -0.25) is 0 Å². The van der Waals surface area contributed by atoms with Crippen molar-refractivity contribution >= 4 is 38.7 Å². The molecule has 7 heteroatoms. The maximum Gasteiger partial charge on any atom is 0.243 e. The average Bonchev–Trinajstić information content (AvgIpc) is 2.64. The van der Waals surface area contributed by atoms with Crippen molar-refractivity contribution in [3.8, 4) is 0 Å². The van der Waals surface area contributed by atoms with Crippen LogP contribution in [0.1, 0.15) is 31.9 Å². The van der Waals surface area contributed by atoms with Gasteiger partial charge in [-0.2, -0.15) is 4.31 Å². The molecule has 2 aromatic rings. The zero-order chi connectivity index (χ0) is 20.0. The third-order valence-electron chi connectivity index (χ3n) is 4.39. The van der Waals surface area contributed by atoms with Crippen LogP contribution in [-0.4, -0.2) is 30.9 Å². The van der Waals surface area contributed by atoms with E-state index in [0.29, 0.717) is 34.3 Å². The molecule has 2 N–H and O–H groups in total. The maximum atomic E-state index is 12.9. The minimum atomic E-state index is -3.53. The highest BCUT2D eigenvalue weighted by molar-refractivity contribution is 7.89. The Hall–Kier alpha value is -1.96. The first-order chi connectivity index (χ1) is 12.8. The van der Waals surface area contributed by atoms with Gasteiger partial charge in [0.05, 0.1) is 4.90 Å². The van der Waals surface area contributed by atoms with Gasteiger partial charge in [-0.25, -0.2) is 8.42 Å². The van der Waals surface area contributed by atoms with Crippen LogP contribution in [0, 0.1) is 6.92 Å². The van der Waals surface area contributed by atoms with E-state index in [2.05, 4.69) is 17.6 Å². The second-order valence-corrected chi connectivity index (χ2v) is 8.51. The smallest absolute Gasteiger partial charge is 0.243 e. The largest absolute Gasteiger partial charge is 0.332 e. The van der Waals surface area contributed by atoms with Gasteiger partial charge in [0.25, 0.3) is 0 Å². The molecule has 0 aliphatic carbocycles. The number of benzene rings is 2. The predicted molar refractivity (Wildman–Crippen MR) is 117 cm³/mol. The summed E-state index contributed by atoms with van der Waals surface area (Å²) in [4.78, 5) is 0.297. The van der Waals surface area contributed by atoms with E-state index in [1.54, 1.807) is 19.1 Å². The zero-order valence-electron chi connectivity index (χ0n) is 16.2. The molecule has 2 rings (SSSR count). The molecule has 0 aromatic heterocycles. The Bertz CT molecular complexity index is 890. The number of anilines is 2. The molecular formula is C20H27N3O2S2. The van der Waals surface area contributed by atoms with E-state index < -0.39 is 10.0 Å². The van der Waals surface area contributed by atoms with Gasteiger partial charge in [0, 0.05) is 24.5 Å². The molecule has 0 radical (unpaired) electrons. The quantitative estimate of drug-likeness (QED) is 0.669. The molecule has 2 aromatic carbocycles. The van der Waals surface area contributed by atoms with Crippen LogP contribution >= 0.6 is 12.2 Å². The van der Waals surface area contributed by atoms with Gasteiger partial charge in [-0.05, 0) is 61.0 Å². The molecule has 0 heterocycles. The number of sulfonamides is 1. The lowest BCUT2D eigenvalue weighted by molar-refractivity contribution is 0.445. The monoisotopic (exact) mass is 405 g/mol. The number of nitrogens with zero attached hydrogens (tertiary/aromatic N) is 1. The Morgan fingerprint density at radius 3 is 2.07 bits per heavy atom. The van der Waals surface area contributed by atoms with Crippen LogP contribution in [0.2, 0.25) is 0 Å². The minimum Gasteiger partial charge on any atom is -0.332 e. The predicted octanol–water partition coefficient (Wildman–Crippen LogP) is 4.40. The van der Waals surface area contributed by atoms with Crippen LogP contribution in [0.4, 0.5) is 11.4 Å². The van der Waals surface area contributed by atoms with Crippen molar-refractivity contribution in [1.82, 2.24) is 4.31 Å². The van der Waals surface area contributed by atoms with Crippen molar-refractivity contribution in [1.29, 1.82) is 0 Å². The second-order valence-electron chi connectivity index (χ2n) is 6.20. The highest BCUT2D eigenvalue weighted by atomic mass is 32.2.